The van der Waals surface area contributed by atoms with Gasteiger partial charge in [-0.25, -0.2) is 8.42 Å². The molecule has 0 spiro atoms. The summed E-state index contributed by atoms with van der Waals surface area (Å²) in [5.41, 5.74) is 0. The van der Waals surface area contributed by atoms with Crippen LogP contribution in [0, 0.1) is 0 Å². The minimum absolute atomic E-state index is 0.204. The molecular weight excluding hydrogens is 462 g/mol. The summed E-state index contributed by atoms with van der Waals surface area (Å²) >= 11 is 0. The van der Waals surface area contributed by atoms with Gasteiger partial charge >= 0.3 is 32.5 Å². The highest BCUT2D eigenvalue weighted by Crippen LogP contribution is 2.51. The number of hydrogen-bond acceptors (Lipinski definition) is 7. The van der Waals surface area contributed by atoms with E-state index in [2.05, 4.69) is 4.74 Å². The fourth-order valence-electron chi connectivity index (χ4n) is 2.69. The average Bonchev–Trinajstić information content (AvgIpc) is 2.55. The van der Waals surface area contributed by atoms with Crippen LogP contribution in [0.5, 0.6) is 0 Å². The molecule has 0 aromatic carbocycles. The topological polar surface area (TPSA) is 121 Å². The molecule has 2 atom stereocenters. The normalized spacial score (nSPS) is 23.8. The van der Waals surface area contributed by atoms with Crippen molar-refractivity contribution in [3.05, 3.63) is 0 Å². The molecule has 0 aromatic rings. The van der Waals surface area contributed by atoms with Crippen molar-refractivity contribution in [3.63, 3.8) is 0 Å². The first-order valence-corrected chi connectivity index (χ1v) is 10.6. The number of halogens is 6. The summed E-state index contributed by atoms with van der Waals surface area (Å²) in [6.07, 6.45) is 0. The Labute approximate surface area is 162 Å². The van der Waals surface area contributed by atoms with E-state index in [0.29, 0.717) is 0 Å². The lowest BCUT2D eigenvalue weighted by Crippen LogP contribution is -2.66. The maximum Gasteiger partial charge on any atom is 0.439 e. The fourth-order valence-corrected chi connectivity index (χ4v) is 4.80. The fraction of sp³-hybridized carbons (Fsp3) is 0.917. The van der Waals surface area contributed by atoms with Crippen LogP contribution in [0.25, 0.3) is 0 Å². The number of hydrogen-bond donors (Lipinski definition) is 1. The second kappa shape index (κ2) is 7.82. The third-order valence-corrected chi connectivity index (χ3v) is 7.11. The molecule has 0 aromatic heterocycles. The highest BCUT2D eigenvalue weighted by molar-refractivity contribution is 7.90. The highest BCUT2D eigenvalue weighted by atomic mass is 32.2. The summed E-state index contributed by atoms with van der Waals surface area (Å²) in [5.74, 6) is -7.76. The summed E-state index contributed by atoms with van der Waals surface area (Å²) < 4.78 is 140. The van der Waals surface area contributed by atoms with Crippen LogP contribution in [0.3, 0.4) is 0 Å². The Kier molecular flexibility index (Phi) is 6.98. The molecule has 29 heavy (non-hydrogen) atoms. The van der Waals surface area contributed by atoms with E-state index in [1.807, 2.05) is 0 Å². The Morgan fingerprint density at radius 1 is 1.00 bits per heavy atom. The van der Waals surface area contributed by atoms with E-state index in [9.17, 15) is 48.0 Å². The number of ether oxygens (including phenoxy) is 1. The van der Waals surface area contributed by atoms with Crippen molar-refractivity contribution >= 4 is 26.1 Å². The molecule has 0 aliphatic carbocycles. The lowest BCUT2D eigenvalue weighted by atomic mass is 10.1. The Balaban J connectivity index is 3.30. The maximum atomic E-state index is 14.1. The third kappa shape index (κ3) is 4.19. The van der Waals surface area contributed by atoms with E-state index < -0.39 is 67.7 Å². The van der Waals surface area contributed by atoms with Gasteiger partial charge in [-0.05, 0) is 13.8 Å². The molecule has 0 radical (unpaired) electrons. The number of esters is 1. The predicted molar refractivity (Wildman–Crippen MR) is 84.5 cm³/mol. The van der Waals surface area contributed by atoms with Crippen molar-refractivity contribution in [1.82, 2.24) is 9.21 Å². The zero-order valence-electron chi connectivity index (χ0n) is 15.2. The standard InChI is InChI=1S/C12H18F6N2O7S2/c1-7-4-19(5-8(2)20(7)6-9(21)27-3)28(22,23)11(15,16)10(13,14)12(17,18)29(24,25)26/h7-8H,4-6H2,1-3H3,(H,24,25,26). The van der Waals surface area contributed by atoms with Gasteiger partial charge in [0.15, 0.2) is 0 Å². The van der Waals surface area contributed by atoms with Gasteiger partial charge in [-0.15, -0.1) is 0 Å². The SMILES string of the molecule is COC(=O)CN1C(C)CN(S(=O)(=O)C(F)(F)C(F)(F)C(F)(F)S(=O)(=O)O)CC1C. The largest absolute Gasteiger partial charge is 0.468 e. The van der Waals surface area contributed by atoms with Crippen LogP contribution >= 0.6 is 0 Å². The number of rotatable bonds is 7. The Morgan fingerprint density at radius 2 is 1.41 bits per heavy atom. The molecular formula is C12H18F6N2O7S2. The molecule has 17 heteroatoms. The zero-order valence-corrected chi connectivity index (χ0v) is 16.8. The van der Waals surface area contributed by atoms with Gasteiger partial charge < -0.3 is 4.74 Å². The number of carbonyl (C=O) groups is 1. The van der Waals surface area contributed by atoms with Crippen LogP contribution in [0.1, 0.15) is 13.8 Å². The molecule has 172 valence electrons. The van der Waals surface area contributed by atoms with E-state index >= 15 is 0 Å². The van der Waals surface area contributed by atoms with Crippen LogP contribution in [0.2, 0.25) is 0 Å². The molecule has 2 unspecified atom stereocenters. The van der Waals surface area contributed by atoms with Crippen LogP contribution in [0.4, 0.5) is 26.3 Å². The van der Waals surface area contributed by atoms with Crippen molar-refractivity contribution in [2.45, 2.75) is 42.4 Å². The van der Waals surface area contributed by atoms with Gasteiger partial charge in [-0.1, -0.05) is 0 Å². The summed E-state index contributed by atoms with van der Waals surface area (Å²) in [7, 11) is -12.6. The molecule has 1 saturated heterocycles. The number of sulfonamides is 1. The van der Waals surface area contributed by atoms with Gasteiger partial charge in [-0.2, -0.15) is 39.1 Å². The van der Waals surface area contributed by atoms with Gasteiger partial charge in [-0.3, -0.25) is 14.2 Å². The molecule has 0 saturated carbocycles. The van der Waals surface area contributed by atoms with Crippen molar-refractivity contribution in [1.29, 1.82) is 0 Å². The highest BCUT2D eigenvalue weighted by Gasteiger charge is 2.82. The van der Waals surface area contributed by atoms with Crippen LogP contribution < -0.4 is 0 Å². The first-order valence-electron chi connectivity index (χ1n) is 7.68. The summed E-state index contributed by atoms with van der Waals surface area (Å²) in [6.45, 7) is 0.327. The molecule has 1 N–H and O–H groups in total. The molecule has 1 heterocycles. The van der Waals surface area contributed by atoms with E-state index in [1.54, 1.807) is 0 Å². The Hall–Kier alpha value is -1.17. The first kappa shape index (κ1) is 25.9. The second-order valence-corrected chi connectivity index (χ2v) is 9.79. The molecule has 1 aliphatic rings. The molecule has 0 amide bonds. The van der Waals surface area contributed by atoms with Gasteiger partial charge in [0.1, 0.15) is 0 Å². The van der Waals surface area contributed by atoms with Crippen LogP contribution in [-0.4, -0.2) is 91.8 Å². The van der Waals surface area contributed by atoms with Gasteiger partial charge in [0.05, 0.1) is 13.7 Å². The van der Waals surface area contributed by atoms with Crippen molar-refractivity contribution < 1.29 is 57.3 Å². The monoisotopic (exact) mass is 480 g/mol. The van der Waals surface area contributed by atoms with Gasteiger partial charge in [0.2, 0.25) is 0 Å². The molecule has 1 rings (SSSR count). The van der Waals surface area contributed by atoms with Crippen molar-refractivity contribution in [2.75, 3.05) is 26.7 Å². The minimum Gasteiger partial charge on any atom is -0.468 e. The van der Waals surface area contributed by atoms with E-state index in [4.69, 9.17) is 4.55 Å². The van der Waals surface area contributed by atoms with Gasteiger partial charge in [0.25, 0.3) is 10.0 Å². The zero-order chi connectivity index (χ0) is 23.2. The van der Waals surface area contributed by atoms with E-state index in [1.165, 1.54) is 18.7 Å². The summed E-state index contributed by atoms with van der Waals surface area (Å²) in [6, 6.07) is -2.00. The summed E-state index contributed by atoms with van der Waals surface area (Å²) in [5, 5.41) is -13.4. The number of alkyl halides is 6. The first-order chi connectivity index (χ1) is 12.8. The second-order valence-electron chi connectivity index (χ2n) is 6.35. The molecule has 0 bridgehead atoms. The number of piperazine rings is 1. The molecule has 9 nitrogen and oxygen atoms in total. The quantitative estimate of drug-likeness (QED) is 0.319. The maximum absolute atomic E-state index is 14.1. The van der Waals surface area contributed by atoms with Crippen LogP contribution in [0.15, 0.2) is 0 Å². The lowest BCUT2D eigenvalue weighted by molar-refractivity contribution is -0.247. The lowest BCUT2D eigenvalue weighted by Gasteiger charge is -2.44. The summed E-state index contributed by atoms with van der Waals surface area (Å²) in [4.78, 5) is 12.7. The van der Waals surface area contributed by atoms with E-state index in [0.717, 1.165) is 7.11 Å². The van der Waals surface area contributed by atoms with Crippen molar-refractivity contribution in [3.8, 4) is 0 Å². The minimum atomic E-state index is -7.09. The molecule has 1 aliphatic heterocycles. The Morgan fingerprint density at radius 3 is 1.76 bits per heavy atom. The number of methoxy groups -OCH3 is 1. The van der Waals surface area contributed by atoms with Crippen LogP contribution in [-0.2, 0) is 29.7 Å². The van der Waals surface area contributed by atoms with Crippen molar-refractivity contribution in [2.24, 2.45) is 0 Å². The molecule has 1 fully saturated rings. The number of carbonyl (C=O) groups excluding carboxylic acids is 1. The Bertz CT molecular complexity index is 837. The average molecular weight is 480 g/mol. The smallest absolute Gasteiger partial charge is 0.439 e. The van der Waals surface area contributed by atoms with E-state index in [-0.39, 0.29) is 10.8 Å². The van der Waals surface area contributed by atoms with Gasteiger partial charge in [0, 0.05) is 25.2 Å². The third-order valence-electron chi connectivity index (χ3n) is 4.33. The predicted octanol–water partition coefficient (Wildman–Crippen LogP) is 0.593. The number of nitrogens with zero attached hydrogens (tertiary/aromatic N) is 2.